The molecule has 2 aliphatic heterocycles. The summed E-state index contributed by atoms with van der Waals surface area (Å²) < 4.78 is 10.5. The van der Waals surface area contributed by atoms with Gasteiger partial charge in [-0.25, -0.2) is 14.5 Å². The standard InChI is InChI=1S/C21H28N2O5/c1-14(16-11-22(12-16)19(25)28-21(2,3)4)18(24)23-17(13-27-20(23)26)10-15-8-6-5-7-9-15/h5-9,14,16-17H,10-13H2,1-4H3/t14-,17-/m0/s1. The van der Waals surface area contributed by atoms with Crippen LogP contribution in [0.5, 0.6) is 0 Å². The van der Waals surface area contributed by atoms with Gasteiger partial charge in [0.15, 0.2) is 0 Å². The van der Waals surface area contributed by atoms with Gasteiger partial charge in [0.2, 0.25) is 5.91 Å². The summed E-state index contributed by atoms with van der Waals surface area (Å²) in [6.45, 7) is 8.38. The van der Waals surface area contributed by atoms with Gasteiger partial charge in [-0.3, -0.25) is 4.79 Å². The molecule has 1 aromatic carbocycles. The first-order chi connectivity index (χ1) is 13.2. The SMILES string of the molecule is C[C@H](C(=O)N1C(=O)OC[C@@H]1Cc1ccccc1)C1CN(C(=O)OC(C)(C)C)C1. The van der Waals surface area contributed by atoms with E-state index in [1.165, 1.54) is 4.90 Å². The average molecular weight is 388 g/mol. The second-order valence-electron chi connectivity index (χ2n) is 8.56. The molecule has 2 saturated heterocycles. The zero-order chi connectivity index (χ0) is 20.5. The van der Waals surface area contributed by atoms with E-state index in [0.717, 1.165) is 5.56 Å². The highest BCUT2D eigenvalue weighted by Gasteiger charge is 2.45. The Bertz CT molecular complexity index is 737. The summed E-state index contributed by atoms with van der Waals surface area (Å²) in [6, 6.07) is 9.44. The molecule has 2 aliphatic rings. The van der Waals surface area contributed by atoms with Crippen molar-refractivity contribution in [2.24, 2.45) is 11.8 Å². The van der Waals surface area contributed by atoms with E-state index in [4.69, 9.17) is 9.47 Å². The average Bonchev–Trinajstić information content (AvgIpc) is 2.92. The summed E-state index contributed by atoms with van der Waals surface area (Å²) in [7, 11) is 0. The maximum atomic E-state index is 13.0. The third-order valence-electron chi connectivity index (χ3n) is 5.17. The van der Waals surface area contributed by atoms with E-state index >= 15 is 0 Å². The summed E-state index contributed by atoms with van der Waals surface area (Å²) in [5.41, 5.74) is 0.504. The Balaban J connectivity index is 1.58. The highest BCUT2D eigenvalue weighted by molar-refractivity contribution is 5.95. The van der Waals surface area contributed by atoms with Crippen molar-refractivity contribution in [1.82, 2.24) is 9.80 Å². The van der Waals surface area contributed by atoms with Gasteiger partial charge >= 0.3 is 12.2 Å². The lowest BCUT2D eigenvalue weighted by atomic mass is 9.86. The van der Waals surface area contributed by atoms with Crippen LogP contribution in [0, 0.1) is 11.8 Å². The van der Waals surface area contributed by atoms with Gasteiger partial charge in [-0.15, -0.1) is 0 Å². The molecule has 0 aliphatic carbocycles. The molecule has 0 saturated carbocycles. The molecule has 2 heterocycles. The van der Waals surface area contributed by atoms with Gasteiger partial charge in [0.25, 0.3) is 0 Å². The van der Waals surface area contributed by atoms with Gasteiger partial charge in [0.1, 0.15) is 12.2 Å². The molecule has 2 fully saturated rings. The summed E-state index contributed by atoms with van der Waals surface area (Å²) in [5, 5.41) is 0. The highest BCUT2D eigenvalue weighted by atomic mass is 16.6. The number of cyclic esters (lactones) is 1. The van der Waals surface area contributed by atoms with Crippen molar-refractivity contribution in [1.29, 1.82) is 0 Å². The van der Waals surface area contributed by atoms with Gasteiger partial charge < -0.3 is 14.4 Å². The number of hydrogen-bond acceptors (Lipinski definition) is 5. The van der Waals surface area contributed by atoms with Crippen molar-refractivity contribution >= 4 is 18.1 Å². The highest BCUT2D eigenvalue weighted by Crippen LogP contribution is 2.29. The van der Waals surface area contributed by atoms with Crippen LogP contribution in [0.25, 0.3) is 0 Å². The van der Waals surface area contributed by atoms with E-state index in [1.807, 2.05) is 58.0 Å². The Hall–Kier alpha value is -2.57. The molecular formula is C21H28N2O5. The van der Waals surface area contributed by atoms with E-state index in [1.54, 1.807) is 4.90 Å². The van der Waals surface area contributed by atoms with Crippen LogP contribution in [0.1, 0.15) is 33.3 Å². The number of rotatable bonds is 4. The summed E-state index contributed by atoms with van der Waals surface area (Å²) in [4.78, 5) is 40.1. The predicted molar refractivity (Wildman–Crippen MR) is 103 cm³/mol. The van der Waals surface area contributed by atoms with Gasteiger partial charge in [-0.05, 0) is 32.8 Å². The van der Waals surface area contributed by atoms with Crippen molar-refractivity contribution < 1.29 is 23.9 Å². The Kier molecular flexibility index (Phi) is 5.63. The largest absolute Gasteiger partial charge is 0.447 e. The van der Waals surface area contributed by atoms with Gasteiger partial charge in [0.05, 0.1) is 6.04 Å². The summed E-state index contributed by atoms with van der Waals surface area (Å²) >= 11 is 0. The number of nitrogens with zero attached hydrogens (tertiary/aromatic N) is 2. The van der Waals surface area contributed by atoms with E-state index < -0.39 is 11.7 Å². The molecule has 3 rings (SSSR count). The third kappa shape index (κ3) is 4.46. The molecule has 0 bridgehead atoms. The van der Waals surface area contributed by atoms with Crippen LogP contribution >= 0.6 is 0 Å². The Morgan fingerprint density at radius 2 is 1.86 bits per heavy atom. The number of carbonyl (C=O) groups is 3. The van der Waals surface area contributed by atoms with Crippen molar-refractivity contribution in [3.63, 3.8) is 0 Å². The van der Waals surface area contributed by atoms with E-state index in [-0.39, 0.29) is 36.5 Å². The molecule has 0 radical (unpaired) electrons. The second kappa shape index (κ2) is 7.81. The van der Waals surface area contributed by atoms with E-state index in [9.17, 15) is 14.4 Å². The second-order valence-corrected chi connectivity index (χ2v) is 8.56. The predicted octanol–water partition coefficient (Wildman–Crippen LogP) is 3.08. The van der Waals surface area contributed by atoms with Crippen LogP contribution in [0.3, 0.4) is 0 Å². The fourth-order valence-corrected chi connectivity index (χ4v) is 3.49. The van der Waals surface area contributed by atoms with Crippen LogP contribution in [-0.2, 0) is 20.7 Å². The Labute approximate surface area is 165 Å². The number of ether oxygens (including phenoxy) is 2. The molecule has 152 valence electrons. The van der Waals surface area contributed by atoms with Crippen molar-refractivity contribution in [2.45, 2.75) is 45.8 Å². The van der Waals surface area contributed by atoms with Crippen LogP contribution < -0.4 is 0 Å². The summed E-state index contributed by atoms with van der Waals surface area (Å²) in [5.74, 6) is -0.606. The van der Waals surface area contributed by atoms with Crippen LogP contribution in [0.2, 0.25) is 0 Å². The van der Waals surface area contributed by atoms with Crippen LogP contribution in [-0.4, -0.2) is 59.2 Å². The summed E-state index contributed by atoms with van der Waals surface area (Å²) in [6.07, 6.45) is -0.383. The van der Waals surface area contributed by atoms with Gasteiger partial charge in [-0.2, -0.15) is 0 Å². The lowest BCUT2D eigenvalue weighted by Gasteiger charge is -2.42. The minimum Gasteiger partial charge on any atom is -0.447 e. The number of carbonyl (C=O) groups excluding carboxylic acids is 3. The van der Waals surface area contributed by atoms with E-state index in [0.29, 0.717) is 19.5 Å². The molecule has 7 nitrogen and oxygen atoms in total. The van der Waals surface area contributed by atoms with Crippen molar-refractivity contribution in [3.8, 4) is 0 Å². The monoisotopic (exact) mass is 388 g/mol. The van der Waals surface area contributed by atoms with E-state index in [2.05, 4.69) is 0 Å². The number of hydrogen-bond donors (Lipinski definition) is 0. The van der Waals surface area contributed by atoms with Crippen molar-refractivity contribution in [2.75, 3.05) is 19.7 Å². The molecule has 28 heavy (non-hydrogen) atoms. The zero-order valence-electron chi connectivity index (χ0n) is 16.9. The maximum Gasteiger partial charge on any atom is 0.416 e. The smallest absolute Gasteiger partial charge is 0.416 e. The van der Waals surface area contributed by atoms with Crippen LogP contribution in [0.4, 0.5) is 9.59 Å². The fraction of sp³-hybridized carbons (Fsp3) is 0.571. The molecule has 3 amide bonds. The quantitative estimate of drug-likeness (QED) is 0.792. The van der Waals surface area contributed by atoms with Crippen LogP contribution in [0.15, 0.2) is 30.3 Å². The zero-order valence-corrected chi connectivity index (χ0v) is 16.9. The number of likely N-dealkylation sites (tertiary alicyclic amines) is 1. The molecule has 2 atom stereocenters. The van der Waals surface area contributed by atoms with Crippen molar-refractivity contribution in [3.05, 3.63) is 35.9 Å². The maximum absolute atomic E-state index is 13.0. The molecule has 7 heteroatoms. The number of benzene rings is 1. The molecule has 0 N–H and O–H groups in total. The molecule has 0 spiro atoms. The lowest BCUT2D eigenvalue weighted by Crippen LogP contribution is -2.56. The van der Waals surface area contributed by atoms with Gasteiger partial charge in [-0.1, -0.05) is 37.3 Å². The van der Waals surface area contributed by atoms with Gasteiger partial charge in [0, 0.05) is 24.9 Å². The first-order valence-corrected chi connectivity index (χ1v) is 9.67. The Morgan fingerprint density at radius 1 is 1.21 bits per heavy atom. The minimum atomic E-state index is -0.582. The molecular weight excluding hydrogens is 360 g/mol. The fourth-order valence-electron chi connectivity index (χ4n) is 3.49. The lowest BCUT2D eigenvalue weighted by molar-refractivity contribution is -0.136. The number of amides is 3. The third-order valence-corrected chi connectivity index (χ3v) is 5.17. The first-order valence-electron chi connectivity index (χ1n) is 9.67. The number of imide groups is 1. The first kappa shape index (κ1) is 20.2. The normalized spacial score (nSPS) is 21.1. The molecule has 0 unspecified atom stereocenters. The molecule has 0 aromatic heterocycles. The minimum absolute atomic E-state index is 0.00536. The molecule has 1 aromatic rings. The Morgan fingerprint density at radius 3 is 2.46 bits per heavy atom. The topological polar surface area (TPSA) is 76.2 Å².